The molecule has 0 radical (unpaired) electrons. The third-order valence-corrected chi connectivity index (χ3v) is 3.70. The molecule has 2 N–H and O–H groups in total. The van der Waals surface area contributed by atoms with Crippen molar-refractivity contribution >= 4 is 11.7 Å². The number of para-hydroxylation sites is 2. The van der Waals surface area contributed by atoms with Crippen molar-refractivity contribution in [2.45, 2.75) is 6.04 Å². The molecule has 24 heavy (non-hydrogen) atoms. The summed E-state index contributed by atoms with van der Waals surface area (Å²) in [6.45, 7) is 0.355. The van der Waals surface area contributed by atoms with E-state index >= 15 is 0 Å². The zero-order valence-corrected chi connectivity index (χ0v) is 14.0. The SMILES string of the molecule is COc1ccccc1[C@H](CNC(=O)Nc1ccccc1F)N(C)C. The highest BCUT2D eigenvalue weighted by molar-refractivity contribution is 5.89. The Hall–Kier alpha value is -2.60. The third kappa shape index (κ3) is 4.45. The number of hydrogen-bond donors (Lipinski definition) is 2. The normalized spacial score (nSPS) is 11.9. The number of methoxy groups -OCH3 is 1. The van der Waals surface area contributed by atoms with Crippen LogP contribution in [0, 0.1) is 5.82 Å². The largest absolute Gasteiger partial charge is 0.496 e. The minimum absolute atomic E-state index is 0.0764. The smallest absolute Gasteiger partial charge is 0.319 e. The Morgan fingerprint density at radius 3 is 2.50 bits per heavy atom. The molecule has 5 nitrogen and oxygen atoms in total. The topological polar surface area (TPSA) is 53.6 Å². The molecule has 0 aliphatic carbocycles. The summed E-state index contributed by atoms with van der Waals surface area (Å²) < 4.78 is 19.0. The summed E-state index contributed by atoms with van der Waals surface area (Å²) in [5.74, 6) is 0.286. The number of benzene rings is 2. The fraction of sp³-hybridized carbons (Fsp3) is 0.278. The highest BCUT2D eigenvalue weighted by Crippen LogP contribution is 2.27. The second kappa shape index (κ2) is 8.31. The molecule has 0 aliphatic heterocycles. The van der Waals surface area contributed by atoms with Crippen molar-refractivity contribution in [2.24, 2.45) is 0 Å². The van der Waals surface area contributed by atoms with Crippen molar-refractivity contribution in [3.63, 3.8) is 0 Å². The highest BCUT2D eigenvalue weighted by atomic mass is 19.1. The van der Waals surface area contributed by atoms with Crippen LogP contribution in [0.2, 0.25) is 0 Å². The van der Waals surface area contributed by atoms with Crippen molar-refractivity contribution in [2.75, 3.05) is 33.1 Å². The monoisotopic (exact) mass is 331 g/mol. The summed E-state index contributed by atoms with van der Waals surface area (Å²) in [6.07, 6.45) is 0. The summed E-state index contributed by atoms with van der Waals surface area (Å²) in [6, 6.07) is 13.2. The van der Waals surface area contributed by atoms with E-state index in [2.05, 4.69) is 10.6 Å². The molecule has 0 unspecified atom stereocenters. The molecule has 0 aliphatic rings. The van der Waals surface area contributed by atoms with E-state index in [1.165, 1.54) is 12.1 Å². The molecular formula is C18H22FN3O2. The van der Waals surface area contributed by atoms with E-state index < -0.39 is 11.8 Å². The standard InChI is InChI=1S/C18H22FN3O2/c1-22(2)16(13-8-4-7-11-17(13)24-3)12-20-18(23)21-15-10-6-5-9-14(15)19/h4-11,16H,12H2,1-3H3,(H2,20,21,23)/t16-/m0/s1. The summed E-state index contributed by atoms with van der Waals surface area (Å²) >= 11 is 0. The molecule has 0 heterocycles. The summed E-state index contributed by atoms with van der Waals surface area (Å²) in [4.78, 5) is 14.0. The lowest BCUT2D eigenvalue weighted by molar-refractivity contribution is 0.242. The molecule has 2 aromatic rings. The number of urea groups is 1. The van der Waals surface area contributed by atoms with Gasteiger partial charge in [0.05, 0.1) is 18.8 Å². The molecule has 128 valence electrons. The van der Waals surface area contributed by atoms with Crippen molar-refractivity contribution in [3.8, 4) is 5.75 Å². The highest BCUT2D eigenvalue weighted by Gasteiger charge is 2.19. The van der Waals surface area contributed by atoms with Crippen LogP contribution in [0.3, 0.4) is 0 Å². The average Bonchev–Trinajstić information content (AvgIpc) is 2.57. The van der Waals surface area contributed by atoms with Gasteiger partial charge in [-0.15, -0.1) is 0 Å². The molecule has 0 saturated carbocycles. The molecule has 2 aromatic carbocycles. The maximum Gasteiger partial charge on any atom is 0.319 e. The number of hydrogen-bond acceptors (Lipinski definition) is 3. The van der Waals surface area contributed by atoms with Crippen LogP contribution in [0.5, 0.6) is 5.75 Å². The fourth-order valence-electron chi connectivity index (χ4n) is 2.43. The quantitative estimate of drug-likeness (QED) is 0.854. The minimum Gasteiger partial charge on any atom is -0.496 e. The average molecular weight is 331 g/mol. The van der Waals surface area contributed by atoms with Gasteiger partial charge in [-0.05, 0) is 32.3 Å². The number of halogens is 1. The molecule has 0 fully saturated rings. The van der Waals surface area contributed by atoms with Crippen molar-refractivity contribution < 1.29 is 13.9 Å². The van der Waals surface area contributed by atoms with Crippen LogP contribution in [0.25, 0.3) is 0 Å². The number of nitrogens with zero attached hydrogens (tertiary/aromatic N) is 1. The zero-order valence-electron chi connectivity index (χ0n) is 14.0. The summed E-state index contributed by atoms with van der Waals surface area (Å²) in [7, 11) is 5.46. The molecule has 1 atom stereocenters. The Kier molecular flexibility index (Phi) is 6.14. The second-order valence-corrected chi connectivity index (χ2v) is 5.54. The molecule has 0 bridgehead atoms. The first-order valence-electron chi connectivity index (χ1n) is 7.61. The lowest BCUT2D eigenvalue weighted by atomic mass is 10.0. The van der Waals surface area contributed by atoms with Crippen LogP contribution < -0.4 is 15.4 Å². The molecule has 2 rings (SSSR count). The van der Waals surface area contributed by atoms with Crippen LogP contribution in [-0.2, 0) is 0 Å². The van der Waals surface area contributed by atoms with Crippen molar-refractivity contribution in [1.82, 2.24) is 10.2 Å². The molecule has 2 amide bonds. The van der Waals surface area contributed by atoms with Gasteiger partial charge in [-0.25, -0.2) is 9.18 Å². The Labute approximate surface area is 141 Å². The second-order valence-electron chi connectivity index (χ2n) is 5.54. The van der Waals surface area contributed by atoms with E-state index in [1.807, 2.05) is 43.3 Å². The van der Waals surface area contributed by atoms with Crippen molar-refractivity contribution in [1.29, 1.82) is 0 Å². The van der Waals surface area contributed by atoms with Crippen LogP contribution in [-0.4, -0.2) is 38.7 Å². The van der Waals surface area contributed by atoms with Gasteiger partial charge in [0.1, 0.15) is 11.6 Å². The lowest BCUT2D eigenvalue weighted by Gasteiger charge is -2.26. The Morgan fingerprint density at radius 1 is 1.17 bits per heavy atom. The van der Waals surface area contributed by atoms with Crippen LogP contribution in [0.15, 0.2) is 48.5 Å². The summed E-state index contributed by atoms with van der Waals surface area (Å²) in [5, 5.41) is 5.29. The van der Waals surface area contributed by atoms with Crippen molar-refractivity contribution in [3.05, 3.63) is 59.9 Å². The number of likely N-dealkylation sites (N-methyl/N-ethyl adjacent to an activating group) is 1. The van der Waals surface area contributed by atoms with Gasteiger partial charge in [0.15, 0.2) is 0 Å². The van der Waals surface area contributed by atoms with Gasteiger partial charge in [0.2, 0.25) is 0 Å². The van der Waals surface area contributed by atoms with E-state index in [4.69, 9.17) is 4.74 Å². The zero-order chi connectivity index (χ0) is 17.5. The van der Waals surface area contributed by atoms with Gasteiger partial charge in [-0.2, -0.15) is 0 Å². The van der Waals surface area contributed by atoms with E-state index in [0.29, 0.717) is 6.54 Å². The van der Waals surface area contributed by atoms with E-state index in [0.717, 1.165) is 11.3 Å². The molecule has 0 saturated heterocycles. The first-order valence-corrected chi connectivity index (χ1v) is 7.61. The van der Waals surface area contributed by atoms with E-state index in [9.17, 15) is 9.18 Å². The van der Waals surface area contributed by atoms with Gasteiger partial charge in [0, 0.05) is 12.1 Å². The predicted octanol–water partition coefficient (Wildman–Crippen LogP) is 3.26. The maximum absolute atomic E-state index is 13.6. The van der Waals surface area contributed by atoms with Gasteiger partial charge >= 0.3 is 6.03 Å². The van der Waals surface area contributed by atoms with E-state index in [-0.39, 0.29) is 11.7 Å². The van der Waals surface area contributed by atoms with Gasteiger partial charge < -0.3 is 20.3 Å². The molecule has 0 spiro atoms. The number of amides is 2. The fourth-order valence-corrected chi connectivity index (χ4v) is 2.43. The first-order chi connectivity index (χ1) is 11.5. The first kappa shape index (κ1) is 17.7. The number of carbonyl (C=O) groups excluding carboxylic acids is 1. The minimum atomic E-state index is -0.471. The lowest BCUT2D eigenvalue weighted by Crippen LogP contribution is -2.37. The van der Waals surface area contributed by atoms with Crippen LogP contribution in [0.4, 0.5) is 14.9 Å². The number of ether oxygens (including phenoxy) is 1. The number of rotatable bonds is 6. The Morgan fingerprint density at radius 2 is 1.83 bits per heavy atom. The molecule has 6 heteroatoms. The number of anilines is 1. The molecule has 0 aromatic heterocycles. The number of carbonyl (C=O) groups is 1. The van der Waals surface area contributed by atoms with Gasteiger partial charge in [0.25, 0.3) is 0 Å². The van der Waals surface area contributed by atoms with Gasteiger partial charge in [-0.1, -0.05) is 30.3 Å². The Bertz CT molecular complexity index is 691. The molecular weight excluding hydrogens is 309 g/mol. The Balaban J connectivity index is 2.04. The maximum atomic E-state index is 13.6. The van der Waals surface area contributed by atoms with Gasteiger partial charge in [-0.3, -0.25) is 0 Å². The third-order valence-electron chi connectivity index (χ3n) is 3.70. The van der Waals surface area contributed by atoms with Crippen LogP contribution in [0.1, 0.15) is 11.6 Å². The number of nitrogens with one attached hydrogen (secondary N) is 2. The van der Waals surface area contributed by atoms with Crippen LogP contribution >= 0.6 is 0 Å². The van der Waals surface area contributed by atoms with E-state index in [1.54, 1.807) is 19.2 Å². The predicted molar refractivity (Wildman–Crippen MR) is 92.8 cm³/mol. The summed E-state index contributed by atoms with van der Waals surface area (Å²) in [5.41, 5.74) is 1.12.